The van der Waals surface area contributed by atoms with Gasteiger partial charge in [0.1, 0.15) is 13.2 Å². The summed E-state index contributed by atoms with van der Waals surface area (Å²) in [6, 6.07) is 0. The van der Waals surface area contributed by atoms with E-state index in [9.17, 15) is 9.70 Å². The zero-order valence-corrected chi connectivity index (χ0v) is 5.09. The third-order valence-corrected chi connectivity index (χ3v) is 0.620. The van der Waals surface area contributed by atoms with Gasteiger partial charge >= 0.3 is 6.09 Å². The van der Waals surface area contributed by atoms with Crippen molar-refractivity contribution >= 4 is 6.09 Å². The second-order valence-electron chi connectivity index (χ2n) is 1.24. The Morgan fingerprint density at radius 1 is 1.78 bits per heavy atom. The Morgan fingerprint density at radius 3 is 2.89 bits per heavy atom. The highest BCUT2D eigenvalue weighted by molar-refractivity contribution is 5.66. The number of amides is 1. The summed E-state index contributed by atoms with van der Waals surface area (Å²) in [6.07, 6.45) is -0.543. The van der Waals surface area contributed by atoms with Crippen LogP contribution in [0.4, 0.5) is 4.79 Å². The quantitative estimate of drug-likeness (QED) is 0.437. The summed E-state index contributed by atoms with van der Waals surface area (Å²) < 4.78 is 4.39. The van der Waals surface area contributed by atoms with Crippen molar-refractivity contribution in [2.75, 3.05) is 20.2 Å². The average Bonchev–Trinajstić information content (AvgIpc) is 1.89. The number of hydrogen-bond acceptors (Lipinski definition) is 4. The van der Waals surface area contributed by atoms with E-state index in [4.69, 9.17) is 0 Å². The summed E-state index contributed by atoms with van der Waals surface area (Å²) >= 11 is 0. The Balaban J connectivity index is 3.06. The van der Waals surface area contributed by atoms with Gasteiger partial charge in [-0.15, -0.1) is 0 Å². The zero-order valence-electron chi connectivity index (χ0n) is 5.09. The van der Waals surface area contributed by atoms with Crippen molar-refractivity contribution in [3.8, 4) is 0 Å². The molecule has 0 bridgehead atoms. The molecule has 0 spiro atoms. The highest BCUT2D eigenvalue weighted by atomic mass is 16.5. The molecule has 0 aromatic heterocycles. The molecular weight excluding hydrogens is 124 g/mol. The molecule has 52 valence electrons. The number of nitrogens with one attached hydrogen (secondary N) is 1. The molecule has 0 saturated heterocycles. The molecule has 0 unspecified atom stereocenters. The van der Waals surface area contributed by atoms with Gasteiger partial charge in [0, 0.05) is 7.05 Å². The molecule has 1 amide bonds. The fourth-order valence-electron chi connectivity index (χ4n) is 0.248. The number of hydrogen-bond donors (Lipinski definition) is 1. The average molecular weight is 132 g/mol. The summed E-state index contributed by atoms with van der Waals surface area (Å²) in [4.78, 5) is 19.6. The van der Waals surface area contributed by atoms with Gasteiger partial charge in [0.25, 0.3) is 0 Å². The van der Waals surface area contributed by atoms with Crippen LogP contribution in [-0.4, -0.2) is 26.3 Å². The van der Waals surface area contributed by atoms with Crippen LogP contribution in [0.25, 0.3) is 0 Å². The SMILES string of the molecule is CNC(=O)OCCN=O. The summed E-state index contributed by atoms with van der Waals surface area (Å²) in [5, 5.41) is 4.71. The minimum atomic E-state index is -0.543. The smallest absolute Gasteiger partial charge is 0.406 e. The second-order valence-corrected chi connectivity index (χ2v) is 1.24. The van der Waals surface area contributed by atoms with E-state index < -0.39 is 6.09 Å². The van der Waals surface area contributed by atoms with Crippen molar-refractivity contribution in [3.63, 3.8) is 0 Å². The lowest BCUT2D eigenvalue weighted by Gasteiger charge is -1.97. The topological polar surface area (TPSA) is 67.8 Å². The van der Waals surface area contributed by atoms with E-state index in [-0.39, 0.29) is 13.2 Å². The van der Waals surface area contributed by atoms with Crippen LogP contribution in [0, 0.1) is 4.91 Å². The summed E-state index contributed by atoms with van der Waals surface area (Å²) in [6.45, 7) is 0.0522. The Labute approximate surface area is 52.4 Å². The predicted molar refractivity (Wildman–Crippen MR) is 31.1 cm³/mol. The van der Waals surface area contributed by atoms with Gasteiger partial charge in [-0.05, 0) is 0 Å². The second kappa shape index (κ2) is 5.02. The van der Waals surface area contributed by atoms with E-state index >= 15 is 0 Å². The Bertz CT molecular complexity index is 104. The molecule has 0 rings (SSSR count). The molecule has 0 aliphatic carbocycles. The highest BCUT2D eigenvalue weighted by Gasteiger charge is 1.94. The van der Waals surface area contributed by atoms with Crippen molar-refractivity contribution in [1.82, 2.24) is 5.32 Å². The molecule has 9 heavy (non-hydrogen) atoms. The van der Waals surface area contributed by atoms with Gasteiger partial charge in [-0.25, -0.2) is 4.79 Å². The number of nitroso groups, excluding NO2 is 1. The maximum Gasteiger partial charge on any atom is 0.406 e. The van der Waals surface area contributed by atoms with Crippen LogP contribution >= 0.6 is 0 Å². The molecular formula is C4H8N2O3. The molecule has 0 radical (unpaired) electrons. The van der Waals surface area contributed by atoms with E-state index in [0.29, 0.717) is 0 Å². The molecule has 5 heteroatoms. The van der Waals surface area contributed by atoms with Crippen molar-refractivity contribution < 1.29 is 9.53 Å². The van der Waals surface area contributed by atoms with E-state index in [2.05, 4.69) is 15.2 Å². The lowest BCUT2D eigenvalue weighted by molar-refractivity contribution is 0.152. The molecule has 0 aliphatic rings. The van der Waals surface area contributed by atoms with Gasteiger partial charge in [0.15, 0.2) is 0 Å². The third kappa shape index (κ3) is 4.73. The summed E-state index contributed by atoms with van der Waals surface area (Å²) in [7, 11) is 1.44. The number of carbonyl (C=O) groups is 1. The summed E-state index contributed by atoms with van der Waals surface area (Å²) in [5.41, 5.74) is 0. The first-order valence-corrected chi connectivity index (χ1v) is 2.45. The molecule has 0 heterocycles. The minimum absolute atomic E-state index is 0.00736. The standard InChI is InChI=1S/C4H8N2O3/c1-5-4(7)9-3-2-6-8/h2-3H2,1H3,(H,5,7). The third-order valence-electron chi connectivity index (χ3n) is 0.620. The van der Waals surface area contributed by atoms with Crippen LogP contribution in [0.5, 0.6) is 0 Å². The molecule has 0 aromatic carbocycles. The van der Waals surface area contributed by atoms with Crippen LogP contribution < -0.4 is 5.32 Å². The summed E-state index contributed by atoms with van der Waals surface area (Å²) in [5.74, 6) is 0. The van der Waals surface area contributed by atoms with Gasteiger partial charge in [-0.3, -0.25) is 0 Å². The van der Waals surface area contributed by atoms with E-state index in [0.717, 1.165) is 0 Å². The Hall–Kier alpha value is -1.13. The van der Waals surface area contributed by atoms with Crippen LogP contribution in [-0.2, 0) is 4.74 Å². The van der Waals surface area contributed by atoms with Crippen LogP contribution in [0.15, 0.2) is 5.18 Å². The van der Waals surface area contributed by atoms with Gasteiger partial charge in [0.2, 0.25) is 0 Å². The van der Waals surface area contributed by atoms with Crippen molar-refractivity contribution in [2.24, 2.45) is 5.18 Å². The lowest BCUT2D eigenvalue weighted by Crippen LogP contribution is -2.20. The molecule has 0 aromatic rings. The molecule has 0 atom stereocenters. The predicted octanol–water partition coefficient (Wildman–Crippen LogP) is 0.109. The number of carbonyl (C=O) groups excluding carboxylic acids is 1. The molecule has 0 aliphatic heterocycles. The van der Waals surface area contributed by atoms with E-state index in [1.807, 2.05) is 0 Å². The van der Waals surface area contributed by atoms with Crippen LogP contribution in [0.3, 0.4) is 0 Å². The maximum absolute atomic E-state index is 10.2. The zero-order chi connectivity index (χ0) is 7.11. The fraction of sp³-hybridized carbons (Fsp3) is 0.750. The highest BCUT2D eigenvalue weighted by Crippen LogP contribution is 1.75. The number of nitrogens with zero attached hydrogens (tertiary/aromatic N) is 1. The normalized spacial score (nSPS) is 8.11. The van der Waals surface area contributed by atoms with Crippen LogP contribution in [0.1, 0.15) is 0 Å². The lowest BCUT2D eigenvalue weighted by atomic mass is 10.7. The molecule has 5 nitrogen and oxygen atoms in total. The van der Waals surface area contributed by atoms with Gasteiger partial charge < -0.3 is 10.1 Å². The Kier molecular flexibility index (Phi) is 4.39. The number of rotatable bonds is 3. The minimum Gasteiger partial charge on any atom is -0.447 e. The van der Waals surface area contributed by atoms with E-state index in [1.165, 1.54) is 7.05 Å². The Morgan fingerprint density at radius 2 is 2.44 bits per heavy atom. The van der Waals surface area contributed by atoms with Crippen LogP contribution in [0.2, 0.25) is 0 Å². The van der Waals surface area contributed by atoms with Crippen molar-refractivity contribution in [1.29, 1.82) is 0 Å². The van der Waals surface area contributed by atoms with Crippen molar-refractivity contribution in [3.05, 3.63) is 4.91 Å². The van der Waals surface area contributed by atoms with Gasteiger partial charge in [-0.1, -0.05) is 5.18 Å². The molecule has 0 fully saturated rings. The molecule has 1 N–H and O–H groups in total. The van der Waals surface area contributed by atoms with Gasteiger partial charge in [-0.2, -0.15) is 4.91 Å². The van der Waals surface area contributed by atoms with Gasteiger partial charge in [0.05, 0.1) is 0 Å². The first-order valence-electron chi connectivity index (χ1n) is 2.45. The first kappa shape index (κ1) is 7.87. The largest absolute Gasteiger partial charge is 0.447 e. The van der Waals surface area contributed by atoms with E-state index in [1.54, 1.807) is 0 Å². The number of ether oxygens (including phenoxy) is 1. The van der Waals surface area contributed by atoms with Crippen molar-refractivity contribution in [2.45, 2.75) is 0 Å². The first-order chi connectivity index (χ1) is 4.31. The fourth-order valence-corrected chi connectivity index (χ4v) is 0.248. The molecule has 0 saturated carbocycles. The number of alkyl carbamates (subject to hydrolysis) is 1. The monoisotopic (exact) mass is 132 g/mol. The maximum atomic E-state index is 10.2.